The van der Waals surface area contributed by atoms with E-state index in [9.17, 15) is 0 Å². The third kappa shape index (κ3) is 1.65. The SMILES string of the molecule is CC(C)Cc1nn2cc(N)nc2s1. The van der Waals surface area contributed by atoms with Gasteiger partial charge in [-0.2, -0.15) is 5.10 Å². The van der Waals surface area contributed by atoms with E-state index in [-0.39, 0.29) is 0 Å². The number of anilines is 1. The van der Waals surface area contributed by atoms with Crippen LogP contribution in [0.2, 0.25) is 0 Å². The number of nitrogens with two attached hydrogens (primary N) is 1. The second-order valence-electron chi connectivity index (χ2n) is 3.49. The molecule has 2 aromatic heterocycles. The number of hydrogen-bond donors (Lipinski definition) is 1. The van der Waals surface area contributed by atoms with Gasteiger partial charge in [0.25, 0.3) is 0 Å². The van der Waals surface area contributed by atoms with Crippen molar-refractivity contribution in [3.8, 4) is 0 Å². The van der Waals surface area contributed by atoms with Crippen molar-refractivity contribution in [1.29, 1.82) is 0 Å². The van der Waals surface area contributed by atoms with Gasteiger partial charge in [0.2, 0.25) is 4.96 Å². The molecule has 4 nitrogen and oxygen atoms in total. The Morgan fingerprint density at radius 3 is 3.00 bits per heavy atom. The lowest BCUT2D eigenvalue weighted by molar-refractivity contribution is 0.637. The lowest BCUT2D eigenvalue weighted by Crippen LogP contribution is -1.94. The smallest absolute Gasteiger partial charge is 0.214 e. The Hall–Kier alpha value is -1.10. The van der Waals surface area contributed by atoms with Crippen molar-refractivity contribution in [1.82, 2.24) is 14.6 Å². The molecular formula is C8H12N4S. The van der Waals surface area contributed by atoms with Gasteiger partial charge in [-0.1, -0.05) is 25.2 Å². The molecule has 13 heavy (non-hydrogen) atoms. The fraction of sp³-hybridized carbons (Fsp3) is 0.500. The molecule has 0 aliphatic rings. The average molecular weight is 196 g/mol. The molecule has 0 spiro atoms. The van der Waals surface area contributed by atoms with E-state index in [1.165, 1.54) is 0 Å². The van der Waals surface area contributed by atoms with Crippen LogP contribution in [0.3, 0.4) is 0 Å². The molecule has 0 aliphatic heterocycles. The van der Waals surface area contributed by atoms with Crippen LogP contribution in [-0.4, -0.2) is 14.6 Å². The molecule has 0 bridgehead atoms. The highest BCUT2D eigenvalue weighted by molar-refractivity contribution is 7.16. The van der Waals surface area contributed by atoms with E-state index in [0.717, 1.165) is 16.4 Å². The first kappa shape index (κ1) is 8.50. The van der Waals surface area contributed by atoms with Gasteiger partial charge in [0.1, 0.15) is 10.8 Å². The van der Waals surface area contributed by atoms with Gasteiger partial charge >= 0.3 is 0 Å². The van der Waals surface area contributed by atoms with E-state index >= 15 is 0 Å². The van der Waals surface area contributed by atoms with Crippen LogP contribution in [0.1, 0.15) is 18.9 Å². The number of nitrogens with zero attached hydrogens (tertiary/aromatic N) is 3. The number of rotatable bonds is 2. The maximum atomic E-state index is 5.52. The topological polar surface area (TPSA) is 56.2 Å². The normalized spacial score (nSPS) is 11.6. The molecule has 0 atom stereocenters. The molecule has 0 radical (unpaired) electrons. The summed E-state index contributed by atoms with van der Waals surface area (Å²) in [6.07, 6.45) is 2.75. The van der Waals surface area contributed by atoms with Gasteiger partial charge in [0, 0.05) is 6.42 Å². The van der Waals surface area contributed by atoms with Crippen LogP contribution in [0.5, 0.6) is 0 Å². The lowest BCUT2D eigenvalue weighted by atomic mass is 10.1. The molecule has 2 N–H and O–H groups in total. The van der Waals surface area contributed by atoms with E-state index in [2.05, 4.69) is 23.9 Å². The van der Waals surface area contributed by atoms with Crippen LogP contribution in [0.25, 0.3) is 4.96 Å². The molecule has 5 heteroatoms. The number of imidazole rings is 1. The minimum absolute atomic E-state index is 0.537. The standard InChI is InChI=1S/C8H12N4S/c1-5(2)3-7-11-12-4-6(9)10-8(12)13-7/h4-5H,3,9H2,1-2H3. The fourth-order valence-corrected chi connectivity index (χ4v) is 2.28. The Balaban J connectivity index is 2.34. The van der Waals surface area contributed by atoms with Crippen molar-refractivity contribution < 1.29 is 0 Å². The third-order valence-corrected chi connectivity index (χ3v) is 2.63. The van der Waals surface area contributed by atoms with Crippen molar-refractivity contribution in [3.63, 3.8) is 0 Å². The number of fused-ring (bicyclic) bond motifs is 1. The summed E-state index contributed by atoms with van der Waals surface area (Å²) < 4.78 is 1.75. The van der Waals surface area contributed by atoms with Crippen molar-refractivity contribution in [2.45, 2.75) is 20.3 Å². The Labute approximate surface area is 80.4 Å². The monoisotopic (exact) mass is 196 g/mol. The molecule has 0 unspecified atom stereocenters. The van der Waals surface area contributed by atoms with Crippen LogP contribution in [0, 0.1) is 5.92 Å². The first-order chi connectivity index (χ1) is 6.15. The lowest BCUT2D eigenvalue weighted by Gasteiger charge is -1.97. The molecule has 0 saturated carbocycles. The van der Waals surface area contributed by atoms with Gasteiger partial charge in [-0.3, -0.25) is 0 Å². The summed E-state index contributed by atoms with van der Waals surface area (Å²) in [7, 11) is 0. The molecule has 0 amide bonds. The largest absolute Gasteiger partial charge is 0.382 e. The highest BCUT2D eigenvalue weighted by Gasteiger charge is 2.07. The van der Waals surface area contributed by atoms with Crippen LogP contribution >= 0.6 is 11.3 Å². The molecular weight excluding hydrogens is 184 g/mol. The zero-order valence-corrected chi connectivity index (χ0v) is 8.51. The van der Waals surface area contributed by atoms with Crippen molar-refractivity contribution in [2.75, 3.05) is 5.73 Å². The Bertz CT molecular complexity index is 383. The van der Waals surface area contributed by atoms with E-state index in [4.69, 9.17) is 5.73 Å². The van der Waals surface area contributed by atoms with Gasteiger partial charge in [-0.05, 0) is 5.92 Å². The minimum Gasteiger partial charge on any atom is -0.382 e. The summed E-state index contributed by atoms with van der Waals surface area (Å²) in [4.78, 5) is 5.02. The third-order valence-electron chi connectivity index (χ3n) is 1.69. The average Bonchev–Trinajstić information content (AvgIpc) is 2.41. The fourth-order valence-electron chi connectivity index (χ4n) is 1.19. The Morgan fingerprint density at radius 2 is 2.38 bits per heavy atom. The van der Waals surface area contributed by atoms with E-state index in [1.807, 2.05) is 0 Å². The summed E-state index contributed by atoms with van der Waals surface area (Å²) in [5.41, 5.74) is 5.52. The van der Waals surface area contributed by atoms with Gasteiger partial charge < -0.3 is 5.73 Å². The highest BCUT2D eigenvalue weighted by Crippen LogP contribution is 2.17. The number of aromatic nitrogens is 3. The highest BCUT2D eigenvalue weighted by atomic mass is 32.1. The van der Waals surface area contributed by atoms with E-state index in [0.29, 0.717) is 11.7 Å². The second-order valence-corrected chi connectivity index (χ2v) is 4.53. The predicted octanol–water partition coefficient (Wildman–Crippen LogP) is 1.57. The van der Waals surface area contributed by atoms with E-state index < -0.39 is 0 Å². The molecule has 2 heterocycles. The van der Waals surface area contributed by atoms with Crippen molar-refractivity contribution in [3.05, 3.63) is 11.2 Å². The van der Waals surface area contributed by atoms with E-state index in [1.54, 1.807) is 22.0 Å². The number of hydrogen-bond acceptors (Lipinski definition) is 4. The Morgan fingerprint density at radius 1 is 1.62 bits per heavy atom. The molecule has 0 aromatic carbocycles. The number of nitrogen functional groups attached to an aromatic ring is 1. The maximum absolute atomic E-state index is 5.52. The summed E-state index contributed by atoms with van der Waals surface area (Å²) >= 11 is 1.61. The van der Waals surface area contributed by atoms with Crippen LogP contribution in [-0.2, 0) is 6.42 Å². The van der Waals surface area contributed by atoms with Crippen molar-refractivity contribution >= 4 is 22.1 Å². The summed E-state index contributed by atoms with van der Waals surface area (Å²) in [5.74, 6) is 1.17. The molecule has 2 aromatic rings. The first-order valence-corrected chi connectivity index (χ1v) is 5.07. The van der Waals surface area contributed by atoms with Crippen LogP contribution in [0.15, 0.2) is 6.20 Å². The maximum Gasteiger partial charge on any atom is 0.214 e. The van der Waals surface area contributed by atoms with Gasteiger partial charge in [0.15, 0.2) is 0 Å². The zero-order chi connectivity index (χ0) is 9.42. The zero-order valence-electron chi connectivity index (χ0n) is 7.69. The Kier molecular flexibility index (Phi) is 1.95. The van der Waals surface area contributed by atoms with Gasteiger partial charge in [0.05, 0.1) is 6.20 Å². The summed E-state index contributed by atoms with van der Waals surface area (Å²) in [5, 5.41) is 5.49. The van der Waals surface area contributed by atoms with Crippen LogP contribution < -0.4 is 5.73 Å². The molecule has 0 saturated heterocycles. The van der Waals surface area contributed by atoms with Crippen molar-refractivity contribution in [2.24, 2.45) is 5.92 Å². The summed E-state index contributed by atoms with van der Waals surface area (Å²) in [6, 6.07) is 0. The molecule has 0 fully saturated rings. The minimum atomic E-state index is 0.537. The quantitative estimate of drug-likeness (QED) is 0.793. The summed E-state index contributed by atoms with van der Waals surface area (Å²) in [6.45, 7) is 4.36. The predicted molar refractivity (Wildman–Crippen MR) is 53.8 cm³/mol. The first-order valence-electron chi connectivity index (χ1n) is 4.25. The van der Waals surface area contributed by atoms with Gasteiger partial charge in [-0.25, -0.2) is 9.50 Å². The molecule has 70 valence electrons. The van der Waals surface area contributed by atoms with Gasteiger partial charge in [-0.15, -0.1) is 0 Å². The molecule has 0 aliphatic carbocycles. The van der Waals surface area contributed by atoms with Crippen LogP contribution in [0.4, 0.5) is 5.82 Å². The molecule has 2 rings (SSSR count). The second kappa shape index (κ2) is 2.99.